The third-order valence-corrected chi connectivity index (χ3v) is 8.18. The smallest absolute Gasteiger partial charge is 0.220 e. The number of methoxy groups -OCH3 is 1. The molecule has 5 aromatic rings. The maximum Gasteiger partial charge on any atom is 0.220 e. The van der Waals surface area contributed by atoms with Gasteiger partial charge >= 0.3 is 0 Å². The van der Waals surface area contributed by atoms with E-state index in [4.69, 9.17) is 37.9 Å². The summed E-state index contributed by atoms with van der Waals surface area (Å²) in [6.45, 7) is 1.26. The SMILES string of the molecule is COc1nc(-c2cccc(-c3cccc(-c4ccc5ccccc5n4)c3Cl)c2Cl)ccc1CNC[C@@H]1CCC(=O)N1. The van der Waals surface area contributed by atoms with Crippen LogP contribution >= 0.6 is 23.2 Å². The van der Waals surface area contributed by atoms with E-state index < -0.39 is 0 Å². The summed E-state index contributed by atoms with van der Waals surface area (Å²) in [6, 6.07) is 27.9. The van der Waals surface area contributed by atoms with Gasteiger partial charge in [-0.15, -0.1) is 0 Å². The van der Waals surface area contributed by atoms with Gasteiger partial charge in [-0.2, -0.15) is 0 Å². The number of hydrogen-bond donors (Lipinski definition) is 2. The Kier molecular flexibility index (Phi) is 7.88. The summed E-state index contributed by atoms with van der Waals surface area (Å²) in [5.74, 6) is 0.632. The van der Waals surface area contributed by atoms with Gasteiger partial charge in [0.05, 0.1) is 34.1 Å². The molecule has 0 spiro atoms. The highest BCUT2D eigenvalue weighted by atomic mass is 35.5. The van der Waals surface area contributed by atoms with E-state index in [1.165, 1.54) is 0 Å². The van der Waals surface area contributed by atoms with Gasteiger partial charge in [-0.1, -0.05) is 89.9 Å². The predicted octanol–water partition coefficient (Wildman–Crippen LogP) is 7.31. The van der Waals surface area contributed by atoms with E-state index in [1.54, 1.807) is 7.11 Å². The van der Waals surface area contributed by atoms with Crippen molar-refractivity contribution >= 4 is 40.0 Å². The molecule has 0 radical (unpaired) electrons. The lowest BCUT2D eigenvalue weighted by Gasteiger charge is -2.15. The number of para-hydroxylation sites is 1. The standard InChI is InChI=1S/C33H28Cl2N4O2/c1-41-33-21(18-36-19-22-14-17-30(40)37-22)13-16-29(39-33)26-10-5-8-24(32(26)35)23-7-4-9-25(31(23)34)28-15-12-20-6-2-3-11-27(20)38-28/h2-13,15-16,22,36H,14,17-19H2,1H3,(H,37,40)/t22-/m0/s1. The van der Waals surface area contributed by atoms with Crippen LogP contribution in [-0.2, 0) is 11.3 Å². The van der Waals surface area contributed by atoms with E-state index in [-0.39, 0.29) is 11.9 Å². The van der Waals surface area contributed by atoms with Crippen molar-refractivity contribution in [3.63, 3.8) is 0 Å². The molecule has 0 aliphatic carbocycles. The van der Waals surface area contributed by atoms with Crippen LogP contribution in [0.4, 0.5) is 0 Å². The van der Waals surface area contributed by atoms with Gasteiger partial charge in [0, 0.05) is 58.8 Å². The van der Waals surface area contributed by atoms with Gasteiger partial charge in [-0.3, -0.25) is 4.79 Å². The topological polar surface area (TPSA) is 76.1 Å². The molecule has 41 heavy (non-hydrogen) atoms. The van der Waals surface area contributed by atoms with E-state index in [1.807, 2.05) is 78.9 Å². The predicted molar refractivity (Wildman–Crippen MR) is 165 cm³/mol. The molecule has 0 bridgehead atoms. The van der Waals surface area contributed by atoms with Crippen molar-refractivity contribution in [1.82, 2.24) is 20.6 Å². The first-order chi connectivity index (χ1) is 20.0. The number of carbonyl (C=O) groups excluding carboxylic acids is 1. The number of rotatable bonds is 8. The van der Waals surface area contributed by atoms with Gasteiger partial charge in [0.1, 0.15) is 0 Å². The number of aromatic nitrogens is 2. The summed E-state index contributed by atoms with van der Waals surface area (Å²) < 4.78 is 5.62. The second kappa shape index (κ2) is 11.9. The fourth-order valence-electron chi connectivity index (χ4n) is 5.23. The Labute approximate surface area is 248 Å². The van der Waals surface area contributed by atoms with Gasteiger partial charge in [0.25, 0.3) is 0 Å². The molecule has 1 atom stereocenters. The van der Waals surface area contributed by atoms with Gasteiger partial charge in [0.15, 0.2) is 0 Å². The Bertz CT molecular complexity index is 1760. The Morgan fingerprint density at radius 3 is 2.17 bits per heavy atom. The van der Waals surface area contributed by atoms with Crippen LogP contribution in [0.2, 0.25) is 10.0 Å². The second-order valence-corrected chi connectivity index (χ2v) is 10.8. The Hall–Kier alpha value is -3.97. The van der Waals surface area contributed by atoms with Crippen LogP contribution < -0.4 is 15.4 Å². The van der Waals surface area contributed by atoms with E-state index in [0.717, 1.165) is 50.8 Å². The normalized spacial score (nSPS) is 14.8. The minimum absolute atomic E-state index is 0.109. The number of benzene rings is 3. The van der Waals surface area contributed by atoms with Crippen LogP contribution in [0.3, 0.4) is 0 Å². The van der Waals surface area contributed by atoms with E-state index >= 15 is 0 Å². The van der Waals surface area contributed by atoms with Crippen molar-refractivity contribution in [2.45, 2.75) is 25.4 Å². The molecule has 2 aromatic heterocycles. The number of ether oxygens (including phenoxy) is 1. The van der Waals surface area contributed by atoms with Crippen molar-refractivity contribution in [2.75, 3.05) is 13.7 Å². The molecule has 3 heterocycles. The van der Waals surface area contributed by atoms with E-state index in [0.29, 0.717) is 41.1 Å². The maximum absolute atomic E-state index is 11.5. The summed E-state index contributed by atoms with van der Waals surface area (Å²) >= 11 is 14.0. The van der Waals surface area contributed by atoms with Gasteiger partial charge in [-0.05, 0) is 24.6 Å². The number of fused-ring (bicyclic) bond motifs is 1. The molecular weight excluding hydrogens is 555 g/mol. The number of pyridine rings is 2. The molecule has 1 amide bonds. The average Bonchev–Trinajstić information content (AvgIpc) is 3.42. The molecule has 1 aliphatic rings. The van der Waals surface area contributed by atoms with Crippen LogP contribution in [0.15, 0.2) is 84.9 Å². The lowest BCUT2D eigenvalue weighted by Crippen LogP contribution is -2.35. The number of hydrogen-bond acceptors (Lipinski definition) is 5. The van der Waals surface area contributed by atoms with E-state index in [9.17, 15) is 4.79 Å². The molecule has 0 unspecified atom stereocenters. The van der Waals surface area contributed by atoms with Crippen LogP contribution in [0.25, 0.3) is 44.5 Å². The number of halogens is 2. The fourth-order valence-corrected chi connectivity index (χ4v) is 5.88. The molecule has 1 fully saturated rings. The zero-order valence-corrected chi connectivity index (χ0v) is 24.0. The molecule has 3 aromatic carbocycles. The molecule has 6 nitrogen and oxygen atoms in total. The molecule has 1 aliphatic heterocycles. The van der Waals surface area contributed by atoms with Gasteiger partial charge < -0.3 is 15.4 Å². The quantitative estimate of drug-likeness (QED) is 0.200. The lowest BCUT2D eigenvalue weighted by atomic mass is 9.98. The molecule has 0 saturated carbocycles. The van der Waals surface area contributed by atoms with Crippen molar-refractivity contribution in [3.05, 3.63) is 101 Å². The second-order valence-electron chi connectivity index (χ2n) is 10.0. The number of amides is 1. The van der Waals surface area contributed by atoms with Crippen molar-refractivity contribution in [1.29, 1.82) is 0 Å². The highest BCUT2D eigenvalue weighted by Gasteiger charge is 2.21. The first-order valence-electron chi connectivity index (χ1n) is 13.5. The average molecular weight is 584 g/mol. The highest BCUT2D eigenvalue weighted by molar-refractivity contribution is 6.39. The summed E-state index contributed by atoms with van der Waals surface area (Å²) in [5.41, 5.74) is 6.57. The Morgan fingerprint density at radius 1 is 0.829 bits per heavy atom. The largest absolute Gasteiger partial charge is 0.481 e. The molecule has 206 valence electrons. The minimum Gasteiger partial charge on any atom is -0.481 e. The number of nitrogens with one attached hydrogen (secondary N) is 2. The molecule has 8 heteroatoms. The fraction of sp³-hybridized carbons (Fsp3) is 0.182. The van der Waals surface area contributed by atoms with Crippen molar-refractivity contribution in [2.24, 2.45) is 0 Å². The van der Waals surface area contributed by atoms with Crippen molar-refractivity contribution < 1.29 is 9.53 Å². The number of nitrogens with zero attached hydrogens (tertiary/aromatic N) is 2. The summed E-state index contributed by atoms with van der Waals surface area (Å²) in [5, 5.41) is 8.58. The summed E-state index contributed by atoms with van der Waals surface area (Å²) in [7, 11) is 1.61. The van der Waals surface area contributed by atoms with Crippen LogP contribution in [0, 0.1) is 0 Å². The maximum atomic E-state index is 11.5. The molecular formula is C33H28Cl2N4O2. The van der Waals surface area contributed by atoms with Crippen molar-refractivity contribution in [3.8, 4) is 39.5 Å². The third kappa shape index (κ3) is 5.64. The minimum atomic E-state index is 0.109. The Morgan fingerprint density at radius 2 is 1.49 bits per heavy atom. The monoisotopic (exact) mass is 582 g/mol. The molecule has 6 rings (SSSR count). The van der Waals surface area contributed by atoms with Gasteiger partial charge in [-0.25, -0.2) is 9.97 Å². The summed E-state index contributed by atoms with van der Waals surface area (Å²) in [6.07, 6.45) is 1.43. The van der Waals surface area contributed by atoms with Crippen LogP contribution in [0.1, 0.15) is 18.4 Å². The summed E-state index contributed by atoms with van der Waals surface area (Å²) in [4.78, 5) is 21.1. The molecule has 2 N–H and O–H groups in total. The van der Waals surface area contributed by atoms with Crippen LogP contribution in [0.5, 0.6) is 5.88 Å². The van der Waals surface area contributed by atoms with Crippen LogP contribution in [-0.4, -0.2) is 35.6 Å². The highest BCUT2D eigenvalue weighted by Crippen LogP contribution is 2.42. The lowest BCUT2D eigenvalue weighted by molar-refractivity contribution is -0.119. The van der Waals surface area contributed by atoms with Gasteiger partial charge in [0.2, 0.25) is 11.8 Å². The Balaban J connectivity index is 1.29. The first kappa shape index (κ1) is 27.2. The zero-order valence-electron chi connectivity index (χ0n) is 22.5. The first-order valence-corrected chi connectivity index (χ1v) is 14.3. The zero-order chi connectivity index (χ0) is 28.3. The number of carbonyl (C=O) groups is 1. The molecule has 1 saturated heterocycles. The third-order valence-electron chi connectivity index (χ3n) is 7.36. The van der Waals surface area contributed by atoms with E-state index in [2.05, 4.69) is 16.7 Å².